The lowest BCUT2D eigenvalue weighted by molar-refractivity contribution is 0.296. The van der Waals surface area contributed by atoms with Gasteiger partial charge in [0.25, 0.3) is 0 Å². The topological polar surface area (TPSA) is 49.4 Å². The summed E-state index contributed by atoms with van der Waals surface area (Å²) >= 11 is 0. The van der Waals surface area contributed by atoms with Crippen LogP contribution >= 0.6 is 0 Å². The minimum Gasteiger partial charge on any atom is -0.317 e. The molecule has 0 aliphatic carbocycles. The number of hydrogen-bond acceptors (Lipinski definition) is 3. The van der Waals surface area contributed by atoms with Gasteiger partial charge in [-0.2, -0.15) is 4.31 Å². The average Bonchev–Trinajstić information content (AvgIpc) is 2.44. The van der Waals surface area contributed by atoms with Gasteiger partial charge >= 0.3 is 0 Å². The lowest BCUT2D eigenvalue weighted by atomic mass is 10.1. The lowest BCUT2D eigenvalue weighted by Gasteiger charge is -2.31. The highest BCUT2D eigenvalue weighted by atomic mass is 32.2. The number of halogens is 1. The highest BCUT2D eigenvalue weighted by Crippen LogP contribution is 2.24. The molecule has 4 nitrogen and oxygen atoms in total. The largest absolute Gasteiger partial charge is 0.317 e. The van der Waals surface area contributed by atoms with Crippen LogP contribution in [0.5, 0.6) is 0 Å². The Kier molecular flexibility index (Phi) is 4.46. The third kappa shape index (κ3) is 2.87. The molecule has 0 unspecified atom stereocenters. The summed E-state index contributed by atoms with van der Waals surface area (Å²) in [4.78, 5) is 0.176. The van der Waals surface area contributed by atoms with Gasteiger partial charge in [-0.15, -0.1) is 0 Å². The summed E-state index contributed by atoms with van der Waals surface area (Å²) in [5.74, 6) is -0.339. The summed E-state index contributed by atoms with van der Waals surface area (Å²) in [6, 6.07) is 2.83. The fourth-order valence-corrected chi connectivity index (χ4v) is 4.18. The van der Waals surface area contributed by atoms with Gasteiger partial charge in [0, 0.05) is 13.1 Å². The molecule has 1 aliphatic rings. The van der Waals surface area contributed by atoms with Crippen molar-refractivity contribution in [3.8, 4) is 0 Å². The van der Waals surface area contributed by atoms with Gasteiger partial charge in [-0.3, -0.25) is 0 Å². The second kappa shape index (κ2) is 5.79. The van der Waals surface area contributed by atoms with Crippen molar-refractivity contribution in [2.45, 2.75) is 37.6 Å². The number of nitrogens with zero attached hydrogens (tertiary/aromatic N) is 1. The molecule has 1 heterocycles. The summed E-state index contributed by atoms with van der Waals surface area (Å²) in [7, 11) is -1.95. The molecular formula is C14H21FN2O2S. The van der Waals surface area contributed by atoms with E-state index in [0.29, 0.717) is 11.1 Å². The zero-order valence-electron chi connectivity index (χ0n) is 12.1. The molecule has 1 aromatic carbocycles. The maximum Gasteiger partial charge on any atom is 0.243 e. The minimum absolute atomic E-state index is 0.00640. The Morgan fingerprint density at radius 2 is 1.70 bits per heavy atom. The predicted octanol–water partition coefficient (Wildman–Crippen LogP) is 1.82. The molecule has 1 saturated heterocycles. The first-order valence-electron chi connectivity index (χ1n) is 6.79. The van der Waals surface area contributed by atoms with Gasteiger partial charge < -0.3 is 5.32 Å². The van der Waals surface area contributed by atoms with E-state index in [2.05, 4.69) is 5.32 Å². The van der Waals surface area contributed by atoms with Gasteiger partial charge in [0.15, 0.2) is 0 Å². The third-order valence-electron chi connectivity index (χ3n) is 3.91. The van der Waals surface area contributed by atoms with E-state index >= 15 is 0 Å². The standard InChI is InChI=1S/C14H21FN2O2S/c1-10-8-13(9-11(2)14(10)15)20(18,19)17(3)12-4-6-16-7-5-12/h8-9,12,16H,4-7H2,1-3H3. The van der Waals surface area contributed by atoms with Gasteiger partial charge in [-0.05, 0) is 63.0 Å². The summed E-state index contributed by atoms with van der Waals surface area (Å²) in [6.07, 6.45) is 1.60. The fourth-order valence-electron chi connectivity index (χ4n) is 2.59. The highest BCUT2D eigenvalue weighted by Gasteiger charge is 2.29. The quantitative estimate of drug-likeness (QED) is 0.926. The summed E-state index contributed by atoms with van der Waals surface area (Å²) in [5, 5.41) is 3.22. The highest BCUT2D eigenvalue weighted by molar-refractivity contribution is 7.89. The van der Waals surface area contributed by atoms with Crippen LogP contribution in [0.2, 0.25) is 0 Å². The van der Waals surface area contributed by atoms with Crippen molar-refractivity contribution in [3.05, 3.63) is 29.1 Å². The Morgan fingerprint density at radius 3 is 2.20 bits per heavy atom. The number of rotatable bonds is 3. The third-order valence-corrected chi connectivity index (χ3v) is 5.80. The van der Waals surface area contributed by atoms with Crippen molar-refractivity contribution in [3.63, 3.8) is 0 Å². The van der Waals surface area contributed by atoms with Crippen molar-refractivity contribution in [2.24, 2.45) is 0 Å². The van der Waals surface area contributed by atoms with Crippen LogP contribution in [-0.4, -0.2) is 38.9 Å². The van der Waals surface area contributed by atoms with E-state index in [-0.39, 0.29) is 16.8 Å². The molecule has 0 saturated carbocycles. The van der Waals surface area contributed by atoms with Crippen molar-refractivity contribution in [1.82, 2.24) is 9.62 Å². The van der Waals surface area contributed by atoms with Crippen LogP contribution in [0.1, 0.15) is 24.0 Å². The molecule has 0 bridgehead atoms. The monoisotopic (exact) mass is 300 g/mol. The van der Waals surface area contributed by atoms with Crippen LogP contribution in [-0.2, 0) is 10.0 Å². The van der Waals surface area contributed by atoms with Gasteiger partial charge in [0.05, 0.1) is 4.90 Å². The first-order chi connectivity index (χ1) is 9.34. The Balaban J connectivity index is 2.34. The second-order valence-corrected chi connectivity index (χ2v) is 7.37. The van der Waals surface area contributed by atoms with Crippen LogP contribution in [0.4, 0.5) is 4.39 Å². The van der Waals surface area contributed by atoms with E-state index in [1.807, 2.05) is 0 Å². The van der Waals surface area contributed by atoms with Crippen LogP contribution < -0.4 is 5.32 Å². The Morgan fingerprint density at radius 1 is 1.20 bits per heavy atom. The van der Waals surface area contributed by atoms with Gasteiger partial charge in [0.2, 0.25) is 10.0 Å². The van der Waals surface area contributed by atoms with Crippen molar-refractivity contribution < 1.29 is 12.8 Å². The van der Waals surface area contributed by atoms with Crippen molar-refractivity contribution >= 4 is 10.0 Å². The van der Waals surface area contributed by atoms with Crippen LogP contribution in [0.15, 0.2) is 17.0 Å². The Bertz CT molecular complexity index is 572. The van der Waals surface area contributed by atoms with Crippen molar-refractivity contribution in [2.75, 3.05) is 20.1 Å². The lowest BCUT2D eigenvalue weighted by Crippen LogP contribution is -2.43. The molecule has 20 heavy (non-hydrogen) atoms. The van der Waals surface area contributed by atoms with E-state index < -0.39 is 10.0 Å². The van der Waals surface area contributed by atoms with Crippen LogP contribution in [0, 0.1) is 19.7 Å². The van der Waals surface area contributed by atoms with Crippen molar-refractivity contribution in [1.29, 1.82) is 0 Å². The first kappa shape index (κ1) is 15.4. The molecule has 2 rings (SSSR count). The van der Waals surface area contributed by atoms with Crippen LogP contribution in [0.25, 0.3) is 0 Å². The molecule has 0 spiro atoms. The molecule has 0 aromatic heterocycles. The SMILES string of the molecule is Cc1cc(S(=O)(=O)N(C)C2CCNCC2)cc(C)c1F. The summed E-state index contributed by atoms with van der Waals surface area (Å²) in [6.45, 7) is 4.83. The molecule has 1 N–H and O–H groups in total. The molecule has 1 fully saturated rings. The maximum absolute atomic E-state index is 13.6. The van der Waals surface area contributed by atoms with Gasteiger partial charge in [-0.25, -0.2) is 12.8 Å². The van der Waals surface area contributed by atoms with Gasteiger partial charge in [-0.1, -0.05) is 0 Å². The number of nitrogens with one attached hydrogen (secondary N) is 1. The minimum atomic E-state index is -3.56. The number of aryl methyl sites for hydroxylation is 2. The number of benzene rings is 1. The zero-order valence-corrected chi connectivity index (χ0v) is 12.9. The molecule has 0 radical (unpaired) electrons. The maximum atomic E-state index is 13.6. The average molecular weight is 300 g/mol. The smallest absolute Gasteiger partial charge is 0.243 e. The normalized spacial score (nSPS) is 17.6. The summed E-state index contributed by atoms with van der Waals surface area (Å²) in [5.41, 5.74) is 0.726. The number of sulfonamides is 1. The molecule has 0 amide bonds. The predicted molar refractivity (Wildman–Crippen MR) is 76.7 cm³/mol. The Labute approximate surface area is 120 Å². The summed E-state index contributed by atoms with van der Waals surface area (Å²) < 4.78 is 40.3. The Hall–Kier alpha value is -0.980. The fraction of sp³-hybridized carbons (Fsp3) is 0.571. The van der Waals surface area contributed by atoms with E-state index in [9.17, 15) is 12.8 Å². The molecular weight excluding hydrogens is 279 g/mol. The first-order valence-corrected chi connectivity index (χ1v) is 8.23. The number of hydrogen-bond donors (Lipinski definition) is 1. The second-order valence-electron chi connectivity index (χ2n) is 5.37. The van der Waals surface area contributed by atoms with Crippen LogP contribution in [0.3, 0.4) is 0 Å². The van der Waals surface area contributed by atoms with E-state index in [1.165, 1.54) is 16.4 Å². The van der Waals surface area contributed by atoms with E-state index in [0.717, 1.165) is 25.9 Å². The van der Waals surface area contributed by atoms with E-state index in [1.54, 1.807) is 20.9 Å². The zero-order chi connectivity index (χ0) is 14.9. The molecule has 6 heteroatoms. The number of piperidine rings is 1. The molecule has 112 valence electrons. The van der Waals surface area contributed by atoms with Gasteiger partial charge in [0.1, 0.15) is 5.82 Å². The van der Waals surface area contributed by atoms with E-state index in [4.69, 9.17) is 0 Å². The molecule has 1 aromatic rings. The molecule has 0 atom stereocenters. The molecule has 1 aliphatic heterocycles.